The molecule has 0 unspecified atom stereocenters. The van der Waals surface area contributed by atoms with Crippen LogP contribution in [0, 0.1) is 6.92 Å². The number of aromatic nitrogens is 1. The number of aryl methyl sites for hydroxylation is 1. The molecule has 1 fully saturated rings. The van der Waals surface area contributed by atoms with Crippen LogP contribution in [0.25, 0.3) is 10.9 Å². The van der Waals surface area contributed by atoms with E-state index in [0.29, 0.717) is 6.61 Å². The van der Waals surface area contributed by atoms with Crippen molar-refractivity contribution in [2.45, 2.75) is 13.8 Å². The van der Waals surface area contributed by atoms with Crippen LogP contribution in [0.3, 0.4) is 0 Å². The van der Waals surface area contributed by atoms with Gasteiger partial charge in [0.05, 0.1) is 12.1 Å². The predicted octanol–water partition coefficient (Wildman–Crippen LogP) is 2.35. The molecule has 1 aliphatic heterocycles. The van der Waals surface area contributed by atoms with Gasteiger partial charge in [0.1, 0.15) is 11.6 Å². The number of hydrogen-bond acceptors (Lipinski definition) is 4. The summed E-state index contributed by atoms with van der Waals surface area (Å²) in [6.45, 7) is 8.94. The van der Waals surface area contributed by atoms with Crippen LogP contribution in [-0.4, -0.2) is 37.8 Å². The summed E-state index contributed by atoms with van der Waals surface area (Å²) >= 11 is 0. The average molecular weight is 271 g/mol. The highest BCUT2D eigenvalue weighted by molar-refractivity contribution is 5.85. The number of nitrogens with one attached hydrogen (secondary N) is 1. The van der Waals surface area contributed by atoms with E-state index in [9.17, 15) is 0 Å². The predicted molar refractivity (Wildman–Crippen MR) is 82.7 cm³/mol. The molecule has 0 radical (unpaired) electrons. The monoisotopic (exact) mass is 271 g/mol. The highest BCUT2D eigenvalue weighted by atomic mass is 16.5. The maximum absolute atomic E-state index is 5.57. The Morgan fingerprint density at radius 3 is 2.80 bits per heavy atom. The van der Waals surface area contributed by atoms with Crippen molar-refractivity contribution < 1.29 is 4.74 Å². The number of hydrogen-bond donors (Lipinski definition) is 1. The molecule has 1 N–H and O–H groups in total. The smallest absolute Gasteiger partial charge is 0.129 e. The van der Waals surface area contributed by atoms with Crippen LogP contribution in [0.4, 0.5) is 5.82 Å². The van der Waals surface area contributed by atoms with E-state index >= 15 is 0 Å². The first-order valence-electron chi connectivity index (χ1n) is 7.28. The Balaban J connectivity index is 1.98. The van der Waals surface area contributed by atoms with E-state index in [2.05, 4.69) is 35.3 Å². The summed E-state index contributed by atoms with van der Waals surface area (Å²) in [7, 11) is 0. The van der Waals surface area contributed by atoms with Crippen molar-refractivity contribution in [1.29, 1.82) is 0 Å². The second kappa shape index (κ2) is 5.67. The van der Waals surface area contributed by atoms with Crippen LogP contribution >= 0.6 is 0 Å². The first kappa shape index (κ1) is 13.2. The molecule has 0 saturated carbocycles. The van der Waals surface area contributed by atoms with Gasteiger partial charge in [0.2, 0.25) is 0 Å². The third kappa shape index (κ3) is 2.56. The third-order valence-electron chi connectivity index (χ3n) is 3.73. The zero-order chi connectivity index (χ0) is 13.9. The standard InChI is InChI=1S/C16H21N3O/c1-3-20-13-4-5-15-14(11-13)12(2)10-16(18-15)19-8-6-17-7-9-19/h4-5,10-11,17H,3,6-9H2,1-2H3. The topological polar surface area (TPSA) is 37.4 Å². The summed E-state index contributed by atoms with van der Waals surface area (Å²) in [5.74, 6) is 2.00. The summed E-state index contributed by atoms with van der Waals surface area (Å²) in [4.78, 5) is 7.15. The van der Waals surface area contributed by atoms with Crippen LogP contribution in [0.5, 0.6) is 5.75 Å². The molecule has 106 valence electrons. The van der Waals surface area contributed by atoms with Gasteiger partial charge in [0.15, 0.2) is 0 Å². The van der Waals surface area contributed by atoms with Crippen LogP contribution in [0.2, 0.25) is 0 Å². The molecule has 2 heterocycles. The molecule has 1 aromatic carbocycles. The van der Waals surface area contributed by atoms with E-state index in [0.717, 1.165) is 43.3 Å². The van der Waals surface area contributed by atoms with Gasteiger partial charge in [-0.3, -0.25) is 0 Å². The molecule has 0 bridgehead atoms. The van der Waals surface area contributed by atoms with Crippen molar-refractivity contribution in [2.24, 2.45) is 0 Å². The fourth-order valence-corrected chi connectivity index (χ4v) is 2.67. The van der Waals surface area contributed by atoms with Gasteiger partial charge in [-0.25, -0.2) is 4.98 Å². The van der Waals surface area contributed by atoms with Crippen molar-refractivity contribution in [3.63, 3.8) is 0 Å². The quantitative estimate of drug-likeness (QED) is 0.930. The van der Waals surface area contributed by atoms with Gasteiger partial charge in [-0.05, 0) is 43.7 Å². The molecule has 0 amide bonds. The lowest BCUT2D eigenvalue weighted by Gasteiger charge is -2.29. The van der Waals surface area contributed by atoms with Crippen molar-refractivity contribution >= 4 is 16.7 Å². The van der Waals surface area contributed by atoms with Gasteiger partial charge in [-0.1, -0.05) is 0 Å². The van der Waals surface area contributed by atoms with Crippen molar-refractivity contribution in [3.8, 4) is 5.75 Å². The minimum absolute atomic E-state index is 0.691. The molecular weight excluding hydrogens is 250 g/mol. The summed E-state index contributed by atoms with van der Waals surface area (Å²) in [6, 6.07) is 8.32. The van der Waals surface area contributed by atoms with E-state index in [1.165, 1.54) is 10.9 Å². The molecule has 1 aromatic heterocycles. The lowest BCUT2D eigenvalue weighted by molar-refractivity contribution is 0.340. The van der Waals surface area contributed by atoms with E-state index < -0.39 is 0 Å². The second-order valence-corrected chi connectivity index (χ2v) is 5.15. The van der Waals surface area contributed by atoms with Crippen molar-refractivity contribution in [1.82, 2.24) is 10.3 Å². The fourth-order valence-electron chi connectivity index (χ4n) is 2.67. The Morgan fingerprint density at radius 2 is 2.05 bits per heavy atom. The summed E-state index contributed by atoms with van der Waals surface area (Å²) < 4.78 is 5.57. The Labute approximate surface area is 119 Å². The molecule has 20 heavy (non-hydrogen) atoms. The third-order valence-corrected chi connectivity index (χ3v) is 3.73. The SMILES string of the molecule is CCOc1ccc2nc(N3CCNCC3)cc(C)c2c1. The molecule has 3 rings (SSSR count). The van der Waals surface area contributed by atoms with E-state index in [1.54, 1.807) is 0 Å². The minimum atomic E-state index is 0.691. The lowest BCUT2D eigenvalue weighted by Crippen LogP contribution is -2.43. The first-order valence-corrected chi connectivity index (χ1v) is 7.28. The Bertz CT molecular complexity index is 606. The molecule has 0 atom stereocenters. The number of pyridine rings is 1. The van der Waals surface area contributed by atoms with Crippen LogP contribution in [-0.2, 0) is 0 Å². The first-order chi connectivity index (χ1) is 9.78. The fraction of sp³-hybridized carbons (Fsp3) is 0.438. The number of fused-ring (bicyclic) bond motifs is 1. The minimum Gasteiger partial charge on any atom is -0.494 e. The highest BCUT2D eigenvalue weighted by Crippen LogP contribution is 2.26. The number of anilines is 1. The Kier molecular flexibility index (Phi) is 3.74. The zero-order valence-corrected chi connectivity index (χ0v) is 12.1. The average Bonchev–Trinajstić information content (AvgIpc) is 2.49. The van der Waals surface area contributed by atoms with E-state index in [4.69, 9.17) is 9.72 Å². The van der Waals surface area contributed by atoms with Gasteiger partial charge in [-0.15, -0.1) is 0 Å². The van der Waals surface area contributed by atoms with Gasteiger partial charge >= 0.3 is 0 Å². The van der Waals surface area contributed by atoms with Crippen LogP contribution in [0.1, 0.15) is 12.5 Å². The van der Waals surface area contributed by atoms with Gasteiger partial charge < -0.3 is 15.0 Å². The Morgan fingerprint density at radius 1 is 1.25 bits per heavy atom. The summed E-state index contributed by atoms with van der Waals surface area (Å²) in [5, 5.41) is 4.55. The van der Waals surface area contributed by atoms with Crippen LogP contribution in [0.15, 0.2) is 24.3 Å². The second-order valence-electron chi connectivity index (χ2n) is 5.15. The maximum Gasteiger partial charge on any atom is 0.129 e. The van der Waals surface area contributed by atoms with E-state index in [1.807, 2.05) is 13.0 Å². The maximum atomic E-state index is 5.57. The largest absolute Gasteiger partial charge is 0.494 e. The number of piperazine rings is 1. The number of rotatable bonds is 3. The molecule has 1 aliphatic rings. The number of benzene rings is 1. The van der Waals surface area contributed by atoms with Gasteiger partial charge in [0, 0.05) is 31.6 Å². The molecule has 0 aliphatic carbocycles. The molecule has 2 aromatic rings. The molecule has 4 heteroatoms. The number of ether oxygens (including phenoxy) is 1. The Hall–Kier alpha value is -1.81. The van der Waals surface area contributed by atoms with E-state index in [-0.39, 0.29) is 0 Å². The molecule has 0 spiro atoms. The highest BCUT2D eigenvalue weighted by Gasteiger charge is 2.13. The van der Waals surface area contributed by atoms with Crippen LogP contribution < -0.4 is 15.0 Å². The lowest BCUT2D eigenvalue weighted by atomic mass is 10.1. The van der Waals surface area contributed by atoms with Crippen molar-refractivity contribution in [3.05, 3.63) is 29.8 Å². The summed E-state index contributed by atoms with van der Waals surface area (Å²) in [6.07, 6.45) is 0. The summed E-state index contributed by atoms with van der Waals surface area (Å²) in [5.41, 5.74) is 2.30. The molecule has 1 saturated heterocycles. The molecule has 4 nitrogen and oxygen atoms in total. The van der Waals surface area contributed by atoms with Gasteiger partial charge in [-0.2, -0.15) is 0 Å². The number of nitrogens with zero attached hydrogens (tertiary/aromatic N) is 2. The van der Waals surface area contributed by atoms with Gasteiger partial charge in [0.25, 0.3) is 0 Å². The van der Waals surface area contributed by atoms with Crippen molar-refractivity contribution in [2.75, 3.05) is 37.7 Å². The normalized spacial score (nSPS) is 15.6. The molecular formula is C16H21N3O. The zero-order valence-electron chi connectivity index (χ0n) is 12.1.